The summed E-state index contributed by atoms with van der Waals surface area (Å²) in [6, 6.07) is 8.84. The van der Waals surface area contributed by atoms with Gasteiger partial charge < -0.3 is 16.0 Å². The second-order valence-electron chi connectivity index (χ2n) is 4.24. The molecule has 0 saturated carbocycles. The number of carbonyl (C=O) groups excluding carboxylic acids is 2. The first kappa shape index (κ1) is 16.8. The van der Waals surface area contributed by atoms with Gasteiger partial charge in [0.25, 0.3) is 0 Å². The molecule has 0 aliphatic rings. The summed E-state index contributed by atoms with van der Waals surface area (Å²) in [4.78, 5) is 22.4. The van der Waals surface area contributed by atoms with Crippen molar-refractivity contribution in [3.63, 3.8) is 0 Å². The highest BCUT2D eigenvalue weighted by Gasteiger charge is 2.27. The predicted molar refractivity (Wildman–Crippen MR) is 70.6 cm³/mol. The maximum atomic E-state index is 11.8. The van der Waals surface area contributed by atoms with Crippen molar-refractivity contribution in [2.45, 2.75) is 12.6 Å². The zero-order chi connectivity index (χ0) is 15.7. The quantitative estimate of drug-likeness (QED) is 0.739. The molecule has 0 saturated heterocycles. The van der Waals surface area contributed by atoms with E-state index in [-0.39, 0.29) is 0 Å². The van der Waals surface area contributed by atoms with Crippen LogP contribution in [0.5, 0.6) is 0 Å². The van der Waals surface area contributed by atoms with E-state index in [4.69, 9.17) is 0 Å². The number of nitrogens with one attached hydrogen (secondary N) is 3. The molecule has 0 atom stereocenters. The van der Waals surface area contributed by atoms with Crippen molar-refractivity contribution in [2.24, 2.45) is 0 Å². The summed E-state index contributed by atoms with van der Waals surface area (Å²) in [7, 11) is 0. The number of urea groups is 1. The molecule has 0 heterocycles. The zero-order valence-electron chi connectivity index (χ0n) is 11.2. The molecule has 0 aliphatic carbocycles. The van der Waals surface area contributed by atoms with Gasteiger partial charge in [-0.2, -0.15) is 13.2 Å². The molecule has 0 aromatic heterocycles. The molecule has 21 heavy (non-hydrogen) atoms. The third kappa shape index (κ3) is 8.51. The largest absolute Gasteiger partial charge is 0.405 e. The van der Waals surface area contributed by atoms with E-state index in [1.54, 1.807) is 5.32 Å². The van der Waals surface area contributed by atoms with Gasteiger partial charge >= 0.3 is 12.2 Å². The molecule has 0 spiro atoms. The molecule has 0 unspecified atom stereocenters. The number of alkyl halides is 3. The molecule has 0 radical (unpaired) electrons. The SMILES string of the molecule is O=C(CNC(=O)NCCc1ccccc1)NCC(F)(F)F. The Morgan fingerprint density at radius 1 is 1.00 bits per heavy atom. The molecular formula is C13H16F3N3O2. The fourth-order valence-corrected chi connectivity index (χ4v) is 1.45. The minimum Gasteiger partial charge on any atom is -0.345 e. The Bertz CT molecular complexity index is 463. The standard InChI is InChI=1S/C13H16F3N3O2/c14-13(15,16)9-19-11(20)8-18-12(21)17-7-6-10-4-2-1-3-5-10/h1-5H,6-9H2,(H,19,20)(H2,17,18,21). The highest BCUT2D eigenvalue weighted by molar-refractivity contribution is 5.83. The summed E-state index contributed by atoms with van der Waals surface area (Å²) in [6.07, 6.45) is -3.85. The zero-order valence-corrected chi connectivity index (χ0v) is 11.2. The summed E-state index contributed by atoms with van der Waals surface area (Å²) < 4.78 is 35.5. The number of benzene rings is 1. The van der Waals surface area contributed by atoms with Crippen molar-refractivity contribution in [2.75, 3.05) is 19.6 Å². The van der Waals surface area contributed by atoms with Crippen molar-refractivity contribution in [1.29, 1.82) is 0 Å². The van der Waals surface area contributed by atoms with Crippen LogP contribution in [0, 0.1) is 0 Å². The van der Waals surface area contributed by atoms with Crippen LogP contribution in [0.1, 0.15) is 5.56 Å². The molecule has 1 aromatic carbocycles. The minimum absolute atomic E-state index is 0.361. The van der Waals surface area contributed by atoms with E-state index >= 15 is 0 Å². The number of halogens is 3. The first-order chi connectivity index (χ1) is 9.87. The van der Waals surface area contributed by atoms with Crippen molar-refractivity contribution in [3.8, 4) is 0 Å². The monoisotopic (exact) mass is 303 g/mol. The van der Waals surface area contributed by atoms with Crippen LogP contribution in [0.3, 0.4) is 0 Å². The van der Waals surface area contributed by atoms with E-state index in [9.17, 15) is 22.8 Å². The molecule has 1 rings (SSSR count). The maximum Gasteiger partial charge on any atom is 0.405 e. The molecule has 5 nitrogen and oxygen atoms in total. The van der Waals surface area contributed by atoms with Crippen LogP contribution in [-0.2, 0) is 11.2 Å². The Labute approximate surface area is 119 Å². The molecule has 1 aromatic rings. The molecule has 116 valence electrons. The summed E-state index contributed by atoms with van der Waals surface area (Å²) >= 11 is 0. The summed E-state index contributed by atoms with van der Waals surface area (Å²) in [5.74, 6) is -0.898. The van der Waals surface area contributed by atoms with E-state index < -0.39 is 31.2 Å². The lowest BCUT2D eigenvalue weighted by Crippen LogP contribution is -2.44. The van der Waals surface area contributed by atoms with Crippen LogP contribution in [0.2, 0.25) is 0 Å². The van der Waals surface area contributed by atoms with Gasteiger partial charge in [-0.25, -0.2) is 4.79 Å². The van der Waals surface area contributed by atoms with Crippen molar-refractivity contribution < 1.29 is 22.8 Å². The summed E-state index contributed by atoms with van der Waals surface area (Å²) in [6.45, 7) is -1.56. The number of hydrogen-bond acceptors (Lipinski definition) is 2. The average molecular weight is 303 g/mol. The van der Waals surface area contributed by atoms with Gasteiger partial charge in [-0.05, 0) is 12.0 Å². The fourth-order valence-electron chi connectivity index (χ4n) is 1.45. The van der Waals surface area contributed by atoms with Crippen molar-refractivity contribution in [3.05, 3.63) is 35.9 Å². The second-order valence-corrected chi connectivity index (χ2v) is 4.24. The van der Waals surface area contributed by atoms with Gasteiger partial charge in [0.1, 0.15) is 6.54 Å². The van der Waals surface area contributed by atoms with Crippen LogP contribution < -0.4 is 16.0 Å². The van der Waals surface area contributed by atoms with Crippen molar-refractivity contribution >= 4 is 11.9 Å². The van der Waals surface area contributed by atoms with Gasteiger partial charge in [0.15, 0.2) is 0 Å². The summed E-state index contributed by atoms with van der Waals surface area (Å²) in [5, 5.41) is 6.34. The molecular weight excluding hydrogens is 287 g/mol. The van der Waals surface area contributed by atoms with E-state index in [1.807, 2.05) is 30.3 Å². The molecule has 0 aliphatic heterocycles. The minimum atomic E-state index is -4.46. The lowest BCUT2D eigenvalue weighted by Gasteiger charge is -2.10. The maximum absolute atomic E-state index is 11.8. The lowest BCUT2D eigenvalue weighted by atomic mass is 10.1. The average Bonchev–Trinajstić information content (AvgIpc) is 2.43. The highest BCUT2D eigenvalue weighted by Crippen LogP contribution is 2.11. The van der Waals surface area contributed by atoms with E-state index in [1.165, 1.54) is 0 Å². The molecule has 8 heteroatoms. The van der Waals surface area contributed by atoms with Crippen LogP contribution in [0.25, 0.3) is 0 Å². The van der Waals surface area contributed by atoms with Gasteiger partial charge in [0.2, 0.25) is 5.91 Å². The lowest BCUT2D eigenvalue weighted by molar-refractivity contribution is -0.137. The first-order valence-corrected chi connectivity index (χ1v) is 6.26. The number of amides is 3. The predicted octanol–water partition coefficient (Wildman–Crippen LogP) is 1.21. The third-order valence-electron chi connectivity index (χ3n) is 2.44. The highest BCUT2D eigenvalue weighted by atomic mass is 19.4. The van der Waals surface area contributed by atoms with Gasteiger partial charge in [-0.3, -0.25) is 4.79 Å². The Balaban J connectivity index is 2.12. The molecule has 3 amide bonds. The molecule has 0 fully saturated rings. The normalized spacial score (nSPS) is 10.8. The van der Waals surface area contributed by atoms with Gasteiger partial charge in [0, 0.05) is 6.54 Å². The van der Waals surface area contributed by atoms with E-state index in [2.05, 4.69) is 10.6 Å². The summed E-state index contributed by atoms with van der Waals surface area (Å²) in [5.41, 5.74) is 1.04. The van der Waals surface area contributed by atoms with E-state index in [0.29, 0.717) is 13.0 Å². The van der Waals surface area contributed by atoms with Crippen molar-refractivity contribution in [1.82, 2.24) is 16.0 Å². The van der Waals surface area contributed by atoms with Gasteiger partial charge in [-0.15, -0.1) is 0 Å². The number of rotatable bonds is 6. The fraction of sp³-hybridized carbons (Fsp3) is 0.385. The molecule has 3 N–H and O–H groups in total. The number of hydrogen-bond donors (Lipinski definition) is 3. The Hall–Kier alpha value is -2.25. The van der Waals surface area contributed by atoms with Crippen LogP contribution in [-0.4, -0.2) is 37.7 Å². The second kappa shape index (κ2) is 8.13. The third-order valence-corrected chi connectivity index (χ3v) is 2.44. The van der Waals surface area contributed by atoms with Gasteiger partial charge in [0.05, 0.1) is 6.54 Å². The Morgan fingerprint density at radius 3 is 2.29 bits per heavy atom. The van der Waals surface area contributed by atoms with Crippen LogP contribution in [0.15, 0.2) is 30.3 Å². The molecule has 0 bridgehead atoms. The Kier molecular flexibility index (Phi) is 6.51. The van der Waals surface area contributed by atoms with Gasteiger partial charge in [-0.1, -0.05) is 30.3 Å². The van der Waals surface area contributed by atoms with Crippen LogP contribution in [0.4, 0.5) is 18.0 Å². The Morgan fingerprint density at radius 2 is 1.67 bits per heavy atom. The topological polar surface area (TPSA) is 70.2 Å². The number of carbonyl (C=O) groups is 2. The first-order valence-electron chi connectivity index (χ1n) is 6.26. The van der Waals surface area contributed by atoms with E-state index in [0.717, 1.165) is 5.56 Å². The smallest absolute Gasteiger partial charge is 0.345 e. The van der Waals surface area contributed by atoms with Crippen LogP contribution >= 0.6 is 0 Å².